The lowest BCUT2D eigenvalue weighted by atomic mass is 9.68. The highest BCUT2D eigenvalue weighted by Crippen LogP contribution is 2.47. The third-order valence-electron chi connectivity index (χ3n) is 5.91. The normalized spacial score (nSPS) is 31.0. The lowest BCUT2D eigenvalue weighted by Gasteiger charge is -2.39. The van der Waals surface area contributed by atoms with Crippen molar-refractivity contribution < 1.29 is 14.7 Å². The maximum absolute atomic E-state index is 13.1. The van der Waals surface area contributed by atoms with E-state index in [9.17, 15) is 14.7 Å². The zero-order valence-corrected chi connectivity index (χ0v) is 14.0. The predicted molar refractivity (Wildman–Crippen MR) is 90.8 cm³/mol. The van der Waals surface area contributed by atoms with Crippen LogP contribution in [0, 0.1) is 17.8 Å². The molecule has 0 radical (unpaired) electrons. The van der Waals surface area contributed by atoms with E-state index >= 15 is 0 Å². The first kappa shape index (κ1) is 15.5. The Kier molecular flexibility index (Phi) is 3.74. The van der Waals surface area contributed by atoms with Crippen molar-refractivity contribution in [3.8, 4) is 5.75 Å². The number of hydrogen-bond donors (Lipinski definition) is 2. The highest BCUT2D eigenvalue weighted by atomic mass is 16.3. The number of benzene rings is 1. The van der Waals surface area contributed by atoms with Gasteiger partial charge in [-0.25, -0.2) is 0 Å². The lowest BCUT2D eigenvalue weighted by molar-refractivity contribution is -0.114. The van der Waals surface area contributed by atoms with Gasteiger partial charge in [-0.3, -0.25) is 9.59 Å². The standard InChI is InChI=1S/C19H24N2O3/c1-11(22)20-15-2-3-18(23)17(9-15)19(24)21-10-14-5-12-4-13(6-14)8-16(21)7-12/h2-3,9,12-14,16,23H,4-8,10H2,1H3,(H,20,22)/t12-,13+,14?,16?. The number of nitrogens with zero attached hydrogens (tertiary/aromatic N) is 1. The molecule has 2 aliphatic carbocycles. The SMILES string of the molecule is CC(=O)Nc1ccc(O)c(C(=O)N2CC3C[C@@H]4CC2C[C@H](C3)C4)c1. The van der Waals surface area contributed by atoms with Crippen LogP contribution in [-0.2, 0) is 4.79 Å². The smallest absolute Gasteiger partial charge is 0.257 e. The number of nitrogens with one attached hydrogen (secondary N) is 1. The second-order valence-electron chi connectivity index (χ2n) is 7.80. The van der Waals surface area contributed by atoms with Crippen LogP contribution in [0.4, 0.5) is 5.69 Å². The number of amides is 2. The number of fused-ring (bicyclic) bond motifs is 1. The molecule has 5 nitrogen and oxygen atoms in total. The predicted octanol–water partition coefficient (Wildman–Crippen LogP) is 3.00. The van der Waals surface area contributed by atoms with Crippen LogP contribution in [0.3, 0.4) is 0 Å². The van der Waals surface area contributed by atoms with E-state index in [0.717, 1.165) is 31.2 Å². The average molecular weight is 328 g/mol. The Morgan fingerprint density at radius 3 is 2.42 bits per heavy atom. The summed E-state index contributed by atoms with van der Waals surface area (Å²) < 4.78 is 0. The quantitative estimate of drug-likeness (QED) is 0.820. The summed E-state index contributed by atoms with van der Waals surface area (Å²) in [5.41, 5.74) is 0.840. The van der Waals surface area contributed by atoms with Crippen molar-refractivity contribution >= 4 is 17.5 Å². The van der Waals surface area contributed by atoms with Crippen molar-refractivity contribution in [2.45, 2.75) is 45.1 Å². The van der Waals surface area contributed by atoms with Crippen LogP contribution < -0.4 is 5.32 Å². The summed E-state index contributed by atoms with van der Waals surface area (Å²) in [6.45, 7) is 2.23. The number of hydrogen-bond acceptors (Lipinski definition) is 3. The number of carbonyl (C=O) groups is 2. The van der Waals surface area contributed by atoms with E-state index in [0.29, 0.717) is 23.2 Å². The number of rotatable bonds is 2. The molecule has 2 unspecified atom stereocenters. The largest absolute Gasteiger partial charge is 0.507 e. The molecular formula is C19H24N2O3. The summed E-state index contributed by atoms with van der Waals surface area (Å²) in [6, 6.07) is 5.00. The fraction of sp³-hybridized carbons (Fsp3) is 0.579. The lowest BCUT2D eigenvalue weighted by Crippen LogP contribution is -2.42. The fourth-order valence-electron chi connectivity index (χ4n) is 5.18. The van der Waals surface area contributed by atoms with E-state index in [1.165, 1.54) is 32.3 Å². The molecule has 1 aromatic carbocycles. The van der Waals surface area contributed by atoms with Crippen molar-refractivity contribution in [2.24, 2.45) is 17.8 Å². The molecular weight excluding hydrogens is 304 g/mol. The van der Waals surface area contributed by atoms with Crippen LogP contribution in [0.1, 0.15) is 49.4 Å². The van der Waals surface area contributed by atoms with Crippen LogP contribution in [0.25, 0.3) is 0 Å². The Labute approximate surface area is 142 Å². The molecule has 2 amide bonds. The molecule has 5 heteroatoms. The van der Waals surface area contributed by atoms with Gasteiger partial charge in [-0.1, -0.05) is 0 Å². The van der Waals surface area contributed by atoms with E-state index < -0.39 is 0 Å². The topological polar surface area (TPSA) is 69.6 Å². The van der Waals surface area contributed by atoms with Crippen LogP contribution in [0.15, 0.2) is 18.2 Å². The first-order valence-electron chi connectivity index (χ1n) is 8.91. The molecule has 2 aliphatic heterocycles. The minimum Gasteiger partial charge on any atom is -0.507 e. The van der Waals surface area contributed by atoms with Gasteiger partial charge in [0.05, 0.1) is 5.56 Å². The van der Waals surface area contributed by atoms with E-state index in [1.54, 1.807) is 12.1 Å². The monoisotopic (exact) mass is 328 g/mol. The summed E-state index contributed by atoms with van der Waals surface area (Å²) in [4.78, 5) is 26.4. The molecule has 1 aromatic rings. The van der Waals surface area contributed by atoms with Crippen LogP contribution in [0.2, 0.25) is 0 Å². The molecule has 2 saturated carbocycles. The molecule has 0 aromatic heterocycles. The second-order valence-corrected chi connectivity index (χ2v) is 7.80. The van der Waals surface area contributed by atoms with Crippen LogP contribution in [0.5, 0.6) is 5.75 Å². The molecule has 24 heavy (non-hydrogen) atoms. The van der Waals surface area contributed by atoms with Gasteiger partial charge in [0, 0.05) is 25.2 Å². The fourth-order valence-corrected chi connectivity index (χ4v) is 5.18. The molecule has 4 aliphatic rings. The molecule has 5 rings (SSSR count). The van der Waals surface area contributed by atoms with Crippen molar-refractivity contribution in [2.75, 3.05) is 11.9 Å². The van der Waals surface area contributed by atoms with Gasteiger partial charge in [-0.05, 0) is 68.1 Å². The van der Waals surface area contributed by atoms with Crippen molar-refractivity contribution in [3.63, 3.8) is 0 Å². The molecule has 4 fully saturated rings. The summed E-state index contributed by atoms with van der Waals surface area (Å²) >= 11 is 0. The Morgan fingerprint density at radius 1 is 1.08 bits per heavy atom. The summed E-state index contributed by atoms with van der Waals surface area (Å²) in [7, 11) is 0. The minimum absolute atomic E-state index is 0.0157. The number of carbonyl (C=O) groups excluding carboxylic acids is 2. The zero-order chi connectivity index (χ0) is 16.8. The Bertz CT molecular complexity index is 673. The van der Waals surface area contributed by atoms with Crippen LogP contribution in [-0.4, -0.2) is 34.4 Å². The van der Waals surface area contributed by atoms with Gasteiger partial charge in [-0.2, -0.15) is 0 Å². The molecule has 4 bridgehead atoms. The van der Waals surface area contributed by atoms with E-state index in [4.69, 9.17) is 0 Å². The van der Waals surface area contributed by atoms with E-state index in [2.05, 4.69) is 5.32 Å². The van der Waals surface area contributed by atoms with Gasteiger partial charge in [0.25, 0.3) is 5.91 Å². The van der Waals surface area contributed by atoms with Gasteiger partial charge in [0.1, 0.15) is 5.75 Å². The summed E-state index contributed by atoms with van der Waals surface area (Å²) in [6.07, 6.45) is 6.03. The molecule has 4 atom stereocenters. The van der Waals surface area contributed by atoms with Gasteiger partial charge >= 0.3 is 0 Å². The first-order valence-corrected chi connectivity index (χ1v) is 8.91. The molecule has 2 saturated heterocycles. The third-order valence-corrected chi connectivity index (χ3v) is 5.91. The van der Waals surface area contributed by atoms with Crippen molar-refractivity contribution in [1.29, 1.82) is 0 Å². The number of phenols is 1. The third kappa shape index (κ3) is 2.76. The van der Waals surface area contributed by atoms with Crippen molar-refractivity contribution in [3.05, 3.63) is 23.8 Å². The van der Waals surface area contributed by atoms with Gasteiger partial charge in [0.15, 0.2) is 0 Å². The molecule has 128 valence electrons. The molecule has 2 N–H and O–H groups in total. The number of phenolic OH excluding ortho intramolecular Hbond substituents is 1. The number of anilines is 1. The van der Waals surface area contributed by atoms with E-state index in [1.807, 2.05) is 4.90 Å². The second kappa shape index (κ2) is 5.80. The maximum atomic E-state index is 13.1. The Morgan fingerprint density at radius 2 is 1.75 bits per heavy atom. The van der Waals surface area contributed by atoms with E-state index in [-0.39, 0.29) is 17.6 Å². The highest BCUT2D eigenvalue weighted by Gasteiger charge is 2.44. The zero-order valence-electron chi connectivity index (χ0n) is 14.0. The Balaban J connectivity index is 1.62. The molecule has 2 heterocycles. The minimum atomic E-state index is -0.190. The summed E-state index contributed by atoms with van der Waals surface area (Å²) in [5.74, 6) is 1.83. The van der Waals surface area contributed by atoms with Gasteiger partial charge in [0.2, 0.25) is 5.91 Å². The Hall–Kier alpha value is -2.04. The van der Waals surface area contributed by atoms with Gasteiger partial charge < -0.3 is 15.3 Å². The number of aromatic hydroxyl groups is 1. The highest BCUT2D eigenvalue weighted by molar-refractivity contribution is 5.99. The maximum Gasteiger partial charge on any atom is 0.257 e. The molecule has 0 spiro atoms. The van der Waals surface area contributed by atoms with Gasteiger partial charge in [-0.15, -0.1) is 0 Å². The average Bonchev–Trinajstić information content (AvgIpc) is 2.72. The first-order chi connectivity index (χ1) is 11.5. The van der Waals surface area contributed by atoms with Crippen LogP contribution >= 0.6 is 0 Å². The van der Waals surface area contributed by atoms with Crippen molar-refractivity contribution in [1.82, 2.24) is 4.90 Å². The summed E-state index contributed by atoms with van der Waals surface area (Å²) in [5, 5.41) is 12.9.